The van der Waals surface area contributed by atoms with Gasteiger partial charge in [0.25, 0.3) is 5.91 Å². The lowest BCUT2D eigenvalue weighted by atomic mass is 9.95. The Morgan fingerprint density at radius 3 is 2.53 bits per heavy atom. The van der Waals surface area contributed by atoms with Crippen molar-refractivity contribution in [1.82, 2.24) is 9.78 Å². The second-order valence-corrected chi connectivity index (χ2v) is 7.80. The van der Waals surface area contributed by atoms with Gasteiger partial charge < -0.3 is 14.4 Å². The number of benzene rings is 2. The molecule has 0 radical (unpaired) electrons. The maximum Gasteiger partial charge on any atom is 0.341 e. The maximum atomic E-state index is 13.4. The van der Waals surface area contributed by atoms with Gasteiger partial charge in [0.1, 0.15) is 11.3 Å². The van der Waals surface area contributed by atoms with Crippen LogP contribution in [0.5, 0.6) is 5.75 Å². The number of esters is 1. The predicted octanol–water partition coefficient (Wildman–Crippen LogP) is 4.27. The molecule has 0 fully saturated rings. The van der Waals surface area contributed by atoms with Crippen LogP contribution in [0.4, 0.5) is 5.69 Å². The van der Waals surface area contributed by atoms with Crippen LogP contribution in [0, 0.1) is 13.8 Å². The molecule has 0 bridgehead atoms. The van der Waals surface area contributed by atoms with Crippen molar-refractivity contribution in [3.05, 3.63) is 70.5 Å². The van der Waals surface area contributed by atoms with Gasteiger partial charge >= 0.3 is 5.97 Å². The van der Waals surface area contributed by atoms with Gasteiger partial charge in [0.2, 0.25) is 0 Å². The Morgan fingerprint density at radius 2 is 1.84 bits per heavy atom. The van der Waals surface area contributed by atoms with Crippen molar-refractivity contribution >= 4 is 17.6 Å². The molecule has 166 valence electrons. The lowest BCUT2D eigenvalue weighted by molar-refractivity contribution is 0.0525. The van der Waals surface area contributed by atoms with Crippen molar-refractivity contribution in [2.24, 2.45) is 0 Å². The maximum absolute atomic E-state index is 13.4. The van der Waals surface area contributed by atoms with Gasteiger partial charge in [0.15, 0.2) is 0 Å². The number of anilines is 1. The Hall–Kier alpha value is -3.61. The summed E-state index contributed by atoms with van der Waals surface area (Å²) in [6.07, 6.45) is 3.35. The summed E-state index contributed by atoms with van der Waals surface area (Å²) < 4.78 is 12.3. The van der Waals surface area contributed by atoms with Gasteiger partial charge in [0, 0.05) is 12.1 Å². The van der Waals surface area contributed by atoms with Crippen LogP contribution in [0.1, 0.15) is 50.9 Å². The van der Waals surface area contributed by atoms with Crippen molar-refractivity contribution in [3.8, 4) is 11.4 Å². The molecule has 0 aliphatic carbocycles. The van der Waals surface area contributed by atoms with Crippen molar-refractivity contribution in [2.45, 2.75) is 33.6 Å². The summed E-state index contributed by atoms with van der Waals surface area (Å²) in [5.74, 6) is 0.260. The van der Waals surface area contributed by atoms with Gasteiger partial charge in [-0.1, -0.05) is 6.07 Å². The first-order valence-electron chi connectivity index (χ1n) is 10.8. The molecule has 0 atom stereocenters. The third kappa shape index (κ3) is 3.75. The van der Waals surface area contributed by atoms with Gasteiger partial charge in [-0.25, -0.2) is 9.48 Å². The molecule has 2 aromatic carbocycles. The monoisotopic (exact) mass is 433 g/mol. The summed E-state index contributed by atoms with van der Waals surface area (Å²) >= 11 is 0. The highest BCUT2D eigenvalue weighted by molar-refractivity contribution is 6.07. The fourth-order valence-corrected chi connectivity index (χ4v) is 4.20. The highest BCUT2D eigenvalue weighted by atomic mass is 16.5. The third-order valence-electron chi connectivity index (χ3n) is 5.89. The quantitative estimate of drug-likeness (QED) is 0.562. The van der Waals surface area contributed by atoms with Crippen LogP contribution in [0.2, 0.25) is 0 Å². The average molecular weight is 434 g/mol. The molecule has 0 saturated heterocycles. The van der Waals surface area contributed by atoms with E-state index in [1.54, 1.807) is 30.8 Å². The smallest absolute Gasteiger partial charge is 0.341 e. The van der Waals surface area contributed by atoms with Gasteiger partial charge in [-0.15, -0.1) is 0 Å². The first-order valence-corrected chi connectivity index (χ1v) is 10.8. The highest BCUT2D eigenvalue weighted by Crippen LogP contribution is 2.39. The number of carbonyl (C=O) groups excluding carboxylic acids is 2. The Balaban J connectivity index is 1.63. The van der Waals surface area contributed by atoms with Crippen molar-refractivity contribution in [2.75, 3.05) is 25.2 Å². The Labute approximate surface area is 187 Å². The van der Waals surface area contributed by atoms with E-state index in [1.807, 2.05) is 36.1 Å². The van der Waals surface area contributed by atoms with E-state index < -0.39 is 5.97 Å². The molecule has 3 aromatic rings. The number of aryl methyl sites for hydroxylation is 1. The van der Waals surface area contributed by atoms with Crippen LogP contribution in [0.25, 0.3) is 5.69 Å². The fourth-order valence-electron chi connectivity index (χ4n) is 4.20. The molecule has 1 aliphatic rings. The molecule has 1 aromatic heterocycles. The minimum absolute atomic E-state index is 0.0641. The number of fused-ring (bicyclic) bond motifs is 1. The van der Waals surface area contributed by atoms with Crippen molar-refractivity contribution in [3.63, 3.8) is 0 Å². The minimum Gasteiger partial charge on any atom is -0.495 e. The Kier molecular flexibility index (Phi) is 5.99. The number of methoxy groups -OCH3 is 1. The number of aromatic nitrogens is 2. The zero-order valence-corrected chi connectivity index (χ0v) is 18.8. The van der Waals surface area contributed by atoms with E-state index in [0.29, 0.717) is 35.7 Å². The van der Waals surface area contributed by atoms with E-state index >= 15 is 0 Å². The zero-order chi connectivity index (χ0) is 22.8. The van der Waals surface area contributed by atoms with E-state index in [0.717, 1.165) is 24.2 Å². The number of hydrogen-bond donors (Lipinski definition) is 0. The average Bonchev–Trinajstić information content (AvgIpc) is 3.20. The predicted molar refractivity (Wildman–Crippen MR) is 122 cm³/mol. The number of ether oxygens (including phenoxy) is 2. The molecule has 32 heavy (non-hydrogen) atoms. The van der Waals surface area contributed by atoms with E-state index in [2.05, 4.69) is 12.0 Å². The number of hydrogen-bond acceptors (Lipinski definition) is 5. The summed E-state index contributed by atoms with van der Waals surface area (Å²) in [5.41, 5.74) is 5.67. The van der Waals surface area contributed by atoms with E-state index in [1.165, 1.54) is 17.3 Å². The molecule has 0 N–H and O–H groups in total. The summed E-state index contributed by atoms with van der Waals surface area (Å²) in [4.78, 5) is 27.3. The molecule has 2 heterocycles. The summed E-state index contributed by atoms with van der Waals surface area (Å²) in [5, 5.41) is 4.32. The van der Waals surface area contributed by atoms with Gasteiger partial charge in [-0.3, -0.25) is 4.79 Å². The Bertz CT molecular complexity index is 1160. The van der Waals surface area contributed by atoms with Crippen LogP contribution >= 0.6 is 0 Å². The van der Waals surface area contributed by atoms with Crippen LogP contribution in [-0.2, 0) is 11.2 Å². The summed E-state index contributed by atoms with van der Waals surface area (Å²) in [6.45, 7) is 6.61. The first-order chi connectivity index (χ1) is 15.5. The van der Waals surface area contributed by atoms with E-state index in [4.69, 9.17) is 9.47 Å². The molecule has 0 unspecified atom stereocenters. The molecule has 0 spiro atoms. The van der Waals surface area contributed by atoms with Crippen molar-refractivity contribution < 1.29 is 19.1 Å². The fraction of sp³-hybridized carbons (Fsp3) is 0.320. The summed E-state index contributed by atoms with van der Waals surface area (Å²) in [7, 11) is 1.63. The van der Waals surface area contributed by atoms with Gasteiger partial charge in [-0.05, 0) is 75.1 Å². The van der Waals surface area contributed by atoms with E-state index in [-0.39, 0.29) is 5.91 Å². The summed E-state index contributed by atoms with van der Waals surface area (Å²) in [6, 6.07) is 11.2. The number of rotatable bonds is 5. The Morgan fingerprint density at radius 1 is 1.09 bits per heavy atom. The molecular weight excluding hydrogens is 406 g/mol. The molecular formula is C25H27N3O4. The van der Waals surface area contributed by atoms with Crippen LogP contribution in [0.15, 0.2) is 42.6 Å². The molecule has 1 amide bonds. The minimum atomic E-state index is -0.393. The third-order valence-corrected chi connectivity index (χ3v) is 5.89. The van der Waals surface area contributed by atoms with Crippen molar-refractivity contribution in [1.29, 1.82) is 0 Å². The molecule has 1 aliphatic heterocycles. The van der Waals surface area contributed by atoms with Crippen LogP contribution < -0.4 is 9.64 Å². The van der Waals surface area contributed by atoms with Gasteiger partial charge in [0.05, 0.1) is 37.0 Å². The van der Waals surface area contributed by atoms with Crippen LogP contribution in [0.3, 0.4) is 0 Å². The number of nitrogens with zero attached hydrogens (tertiary/aromatic N) is 3. The van der Waals surface area contributed by atoms with E-state index in [9.17, 15) is 9.59 Å². The normalized spacial score (nSPS) is 12.9. The van der Waals surface area contributed by atoms with Gasteiger partial charge in [-0.2, -0.15) is 5.10 Å². The SMILES string of the molecule is CCOC(=O)c1cnn(-c2ccc(C(=O)N3CCCc4c(C)ccc(OC)c43)cc2)c1C. The first kappa shape index (κ1) is 21.6. The highest BCUT2D eigenvalue weighted by Gasteiger charge is 2.28. The molecule has 0 saturated carbocycles. The number of carbonyl (C=O) groups is 2. The zero-order valence-electron chi connectivity index (χ0n) is 18.8. The molecule has 7 heteroatoms. The second-order valence-electron chi connectivity index (χ2n) is 7.80. The molecule has 4 rings (SSSR count). The van der Waals surface area contributed by atoms with Crippen LogP contribution in [-0.4, -0.2) is 41.9 Å². The standard InChI is InChI=1S/C25H27N3O4/c1-5-32-25(30)21-15-26-28(17(21)3)19-11-9-18(10-12-19)24(29)27-14-6-7-20-16(2)8-13-22(31-4)23(20)27/h8-13,15H,5-7,14H2,1-4H3. The number of amides is 1. The second kappa shape index (κ2) is 8.86. The lowest BCUT2D eigenvalue weighted by Gasteiger charge is -2.32. The largest absolute Gasteiger partial charge is 0.495 e. The lowest BCUT2D eigenvalue weighted by Crippen LogP contribution is -2.36. The topological polar surface area (TPSA) is 73.7 Å². The molecule has 7 nitrogen and oxygen atoms in total.